The van der Waals surface area contributed by atoms with E-state index >= 15 is 0 Å². The lowest BCUT2D eigenvalue weighted by molar-refractivity contribution is 0.356. The van der Waals surface area contributed by atoms with Gasteiger partial charge in [-0.25, -0.2) is 0 Å². The van der Waals surface area contributed by atoms with E-state index in [4.69, 9.17) is 4.52 Å². The van der Waals surface area contributed by atoms with Crippen molar-refractivity contribution >= 4 is 12.4 Å². The normalized spacial score (nSPS) is 28.6. The molecule has 0 spiro atoms. The SMILES string of the molecule is CCC1(C)CC1c1nc(CC(C)NC)no1.Cl. The maximum Gasteiger partial charge on any atom is 0.230 e. The van der Waals surface area contributed by atoms with Crippen LogP contribution in [0.1, 0.15) is 51.2 Å². The number of nitrogens with zero attached hydrogens (tertiary/aromatic N) is 2. The number of hydrogen-bond donors (Lipinski definition) is 1. The zero-order valence-electron chi connectivity index (χ0n) is 11.0. The van der Waals surface area contributed by atoms with Gasteiger partial charge in [0.2, 0.25) is 5.89 Å². The van der Waals surface area contributed by atoms with Crippen molar-refractivity contribution in [2.24, 2.45) is 5.41 Å². The molecular weight excluding hydrogens is 238 g/mol. The third kappa shape index (κ3) is 2.99. The molecule has 1 aliphatic carbocycles. The molecule has 2 rings (SSSR count). The Morgan fingerprint density at radius 1 is 1.59 bits per heavy atom. The number of hydrogen-bond acceptors (Lipinski definition) is 4. The average Bonchev–Trinajstić information content (AvgIpc) is 2.76. The molecule has 17 heavy (non-hydrogen) atoms. The Hall–Kier alpha value is -0.610. The lowest BCUT2D eigenvalue weighted by Crippen LogP contribution is -2.24. The van der Waals surface area contributed by atoms with Crippen LogP contribution in [-0.4, -0.2) is 23.2 Å². The molecule has 3 unspecified atom stereocenters. The molecule has 0 amide bonds. The summed E-state index contributed by atoms with van der Waals surface area (Å²) in [5.41, 5.74) is 0.401. The van der Waals surface area contributed by atoms with E-state index in [-0.39, 0.29) is 12.4 Å². The first-order valence-corrected chi connectivity index (χ1v) is 6.09. The van der Waals surface area contributed by atoms with Crippen LogP contribution < -0.4 is 5.32 Å². The Balaban J connectivity index is 0.00000144. The molecule has 1 saturated carbocycles. The van der Waals surface area contributed by atoms with Gasteiger partial charge in [0, 0.05) is 18.4 Å². The van der Waals surface area contributed by atoms with Gasteiger partial charge >= 0.3 is 0 Å². The van der Waals surface area contributed by atoms with Crippen molar-refractivity contribution in [1.29, 1.82) is 0 Å². The second kappa shape index (κ2) is 5.36. The Kier molecular flexibility index (Phi) is 4.55. The molecule has 0 aromatic carbocycles. The predicted octanol–water partition coefficient (Wildman–Crippen LogP) is 2.55. The van der Waals surface area contributed by atoms with Crippen LogP contribution in [-0.2, 0) is 6.42 Å². The van der Waals surface area contributed by atoms with Gasteiger partial charge in [-0.3, -0.25) is 0 Å². The Labute approximate surface area is 109 Å². The molecule has 0 aliphatic heterocycles. The van der Waals surface area contributed by atoms with Crippen LogP contribution in [0.4, 0.5) is 0 Å². The van der Waals surface area contributed by atoms with Crippen LogP contribution in [0.25, 0.3) is 0 Å². The largest absolute Gasteiger partial charge is 0.339 e. The Morgan fingerprint density at radius 2 is 2.29 bits per heavy atom. The van der Waals surface area contributed by atoms with Crippen molar-refractivity contribution in [2.75, 3.05) is 7.05 Å². The molecule has 1 aromatic rings. The second-order valence-electron chi connectivity index (χ2n) is 5.21. The summed E-state index contributed by atoms with van der Waals surface area (Å²) < 4.78 is 5.34. The molecule has 4 nitrogen and oxygen atoms in total. The van der Waals surface area contributed by atoms with E-state index < -0.39 is 0 Å². The number of halogens is 1. The Morgan fingerprint density at radius 3 is 2.82 bits per heavy atom. The molecule has 1 aromatic heterocycles. The molecule has 1 heterocycles. The molecular formula is C12H22ClN3O. The standard InChI is InChI=1S/C12H21N3O.ClH/c1-5-12(3)7-9(12)11-14-10(15-16-11)6-8(2)13-4;/h8-9,13H,5-7H2,1-4H3;1H. The number of rotatable bonds is 5. The lowest BCUT2D eigenvalue weighted by atomic mass is 10.0. The lowest BCUT2D eigenvalue weighted by Gasteiger charge is -2.05. The maximum atomic E-state index is 5.34. The van der Waals surface area contributed by atoms with E-state index in [1.165, 1.54) is 12.8 Å². The van der Waals surface area contributed by atoms with E-state index in [1.54, 1.807) is 0 Å². The van der Waals surface area contributed by atoms with Crippen LogP contribution in [0.2, 0.25) is 0 Å². The summed E-state index contributed by atoms with van der Waals surface area (Å²) in [4.78, 5) is 4.49. The van der Waals surface area contributed by atoms with Gasteiger partial charge in [-0.05, 0) is 32.2 Å². The minimum Gasteiger partial charge on any atom is -0.339 e. The van der Waals surface area contributed by atoms with Crippen molar-refractivity contribution in [3.63, 3.8) is 0 Å². The number of nitrogens with one attached hydrogen (secondary N) is 1. The third-order valence-corrected chi connectivity index (χ3v) is 3.92. The summed E-state index contributed by atoms with van der Waals surface area (Å²) in [6.45, 7) is 6.63. The molecule has 98 valence electrons. The van der Waals surface area contributed by atoms with Crippen LogP contribution in [0.3, 0.4) is 0 Å². The van der Waals surface area contributed by atoms with Crippen molar-refractivity contribution in [2.45, 2.75) is 52.0 Å². The fourth-order valence-electron chi connectivity index (χ4n) is 2.05. The van der Waals surface area contributed by atoms with Gasteiger partial charge in [-0.1, -0.05) is 19.0 Å². The predicted molar refractivity (Wildman–Crippen MR) is 69.5 cm³/mol. The highest BCUT2D eigenvalue weighted by Crippen LogP contribution is 2.60. The molecule has 0 bridgehead atoms. The highest BCUT2D eigenvalue weighted by molar-refractivity contribution is 5.85. The van der Waals surface area contributed by atoms with Crippen molar-refractivity contribution in [1.82, 2.24) is 15.5 Å². The minimum absolute atomic E-state index is 0. The van der Waals surface area contributed by atoms with Gasteiger partial charge in [0.15, 0.2) is 5.82 Å². The maximum absolute atomic E-state index is 5.34. The molecule has 0 radical (unpaired) electrons. The summed E-state index contributed by atoms with van der Waals surface area (Å²) in [5, 5.41) is 7.21. The first-order chi connectivity index (χ1) is 7.59. The second-order valence-corrected chi connectivity index (χ2v) is 5.21. The fraction of sp³-hybridized carbons (Fsp3) is 0.833. The molecule has 3 atom stereocenters. The van der Waals surface area contributed by atoms with E-state index in [2.05, 4.69) is 36.2 Å². The van der Waals surface area contributed by atoms with E-state index in [1.807, 2.05) is 7.05 Å². The average molecular weight is 260 g/mol. The monoisotopic (exact) mass is 259 g/mol. The summed E-state index contributed by atoms with van der Waals surface area (Å²) >= 11 is 0. The molecule has 1 N–H and O–H groups in total. The first kappa shape index (κ1) is 14.5. The summed E-state index contributed by atoms with van der Waals surface area (Å²) in [5.74, 6) is 2.15. The topological polar surface area (TPSA) is 51.0 Å². The first-order valence-electron chi connectivity index (χ1n) is 6.09. The summed E-state index contributed by atoms with van der Waals surface area (Å²) in [6, 6.07) is 0.391. The van der Waals surface area contributed by atoms with Crippen LogP contribution in [0, 0.1) is 5.41 Å². The molecule has 1 aliphatic rings. The van der Waals surface area contributed by atoms with E-state index in [9.17, 15) is 0 Å². The molecule has 5 heteroatoms. The Bertz CT molecular complexity index is 368. The zero-order valence-corrected chi connectivity index (χ0v) is 11.8. The van der Waals surface area contributed by atoms with Crippen molar-refractivity contribution < 1.29 is 4.52 Å². The van der Waals surface area contributed by atoms with E-state index in [0.29, 0.717) is 17.4 Å². The quantitative estimate of drug-likeness (QED) is 0.883. The molecule has 1 fully saturated rings. The van der Waals surface area contributed by atoms with Crippen molar-refractivity contribution in [3.05, 3.63) is 11.7 Å². The summed E-state index contributed by atoms with van der Waals surface area (Å²) in [6.07, 6.45) is 3.20. The van der Waals surface area contributed by atoms with Gasteiger partial charge in [0.1, 0.15) is 0 Å². The van der Waals surface area contributed by atoms with Crippen LogP contribution in [0.5, 0.6) is 0 Å². The number of aromatic nitrogens is 2. The van der Waals surface area contributed by atoms with Gasteiger partial charge in [-0.15, -0.1) is 12.4 Å². The number of likely N-dealkylation sites (N-methyl/N-ethyl adjacent to an activating group) is 1. The summed E-state index contributed by atoms with van der Waals surface area (Å²) in [7, 11) is 1.95. The minimum atomic E-state index is 0. The van der Waals surface area contributed by atoms with Crippen molar-refractivity contribution in [3.8, 4) is 0 Å². The van der Waals surface area contributed by atoms with Gasteiger partial charge in [0.25, 0.3) is 0 Å². The van der Waals surface area contributed by atoms with Gasteiger partial charge in [0.05, 0.1) is 0 Å². The third-order valence-electron chi connectivity index (χ3n) is 3.92. The van der Waals surface area contributed by atoms with Crippen LogP contribution >= 0.6 is 12.4 Å². The fourth-order valence-corrected chi connectivity index (χ4v) is 2.05. The van der Waals surface area contributed by atoms with Gasteiger partial charge in [-0.2, -0.15) is 4.98 Å². The highest BCUT2D eigenvalue weighted by Gasteiger charge is 2.52. The smallest absolute Gasteiger partial charge is 0.230 e. The van der Waals surface area contributed by atoms with Crippen LogP contribution in [0.15, 0.2) is 4.52 Å². The highest BCUT2D eigenvalue weighted by atomic mass is 35.5. The molecule has 0 saturated heterocycles. The van der Waals surface area contributed by atoms with Gasteiger partial charge < -0.3 is 9.84 Å². The zero-order chi connectivity index (χ0) is 11.8. The van der Waals surface area contributed by atoms with E-state index in [0.717, 1.165) is 18.1 Å².